The number of hydrogen-bond acceptors (Lipinski definition) is 4. The maximum atomic E-state index is 13.0. The lowest BCUT2D eigenvalue weighted by Crippen LogP contribution is -2.23. The molecule has 148 valence electrons. The first kappa shape index (κ1) is 20.1. The summed E-state index contributed by atoms with van der Waals surface area (Å²) in [4.78, 5) is 13.0. The van der Waals surface area contributed by atoms with Crippen LogP contribution in [0.5, 0.6) is 5.75 Å². The molecule has 0 fully saturated rings. The molecule has 0 radical (unpaired) electrons. The minimum Gasteiger partial charge on any atom is -0.494 e. The fourth-order valence-corrected chi connectivity index (χ4v) is 3.05. The number of ether oxygens (including phenoxy) is 2. The van der Waals surface area contributed by atoms with Gasteiger partial charge in [0.05, 0.1) is 14.2 Å². The van der Waals surface area contributed by atoms with Crippen molar-refractivity contribution in [2.24, 2.45) is 5.11 Å². The Labute approximate surface area is 170 Å². The van der Waals surface area contributed by atoms with Gasteiger partial charge in [0.15, 0.2) is 24.2 Å². The molecule has 0 aliphatic rings. The van der Waals surface area contributed by atoms with Crippen molar-refractivity contribution >= 4 is 28.1 Å². The van der Waals surface area contributed by atoms with Crippen LogP contribution in [-0.4, -0.2) is 31.9 Å². The van der Waals surface area contributed by atoms with E-state index in [1.807, 2.05) is 66.7 Å². The molecule has 0 aromatic heterocycles. The van der Waals surface area contributed by atoms with E-state index in [0.29, 0.717) is 28.6 Å². The lowest BCUT2D eigenvalue weighted by Gasteiger charge is -2.09. The average molecular weight is 390 g/mol. The van der Waals surface area contributed by atoms with Crippen molar-refractivity contribution in [3.8, 4) is 5.75 Å². The number of nitrogens with zero attached hydrogens (tertiary/aromatic N) is 2. The molecule has 0 atom stereocenters. The number of hydrogen-bond donors (Lipinski definition) is 1. The topological polar surface area (TPSA) is 62.9 Å². The smallest absolute Gasteiger partial charge is 0.333 e. The highest BCUT2D eigenvalue weighted by atomic mass is 16.5. The Bertz CT molecular complexity index is 1090. The summed E-state index contributed by atoms with van der Waals surface area (Å²) in [6.45, 7) is 1.73. The van der Waals surface area contributed by atoms with E-state index in [1.54, 1.807) is 21.1 Å². The second kappa shape index (κ2) is 9.01. The second-order valence-electron chi connectivity index (χ2n) is 6.39. The number of fused-ring (bicyclic) bond motifs is 1. The third-order valence-corrected chi connectivity index (χ3v) is 4.54. The van der Waals surface area contributed by atoms with Gasteiger partial charge in [-0.1, -0.05) is 53.2 Å². The second-order valence-corrected chi connectivity index (χ2v) is 6.39. The van der Waals surface area contributed by atoms with Gasteiger partial charge in [0, 0.05) is 23.1 Å². The van der Waals surface area contributed by atoms with E-state index in [1.165, 1.54) is 11.8 Å². The number of allylic oxidation sites excluding steroid dienone is 1. The lowest BCUT2D eigenvalue weighted by atomic mass is 10.1. The number of benzene rings is 3. The van der Waals surface area contributed by atoms with Gasteiger partial charge in [0.1, 0.15) is 0 Å². The number of rotatable bonds is 6. The summed E-state index contributed by atoms with van der Waals surface area (Å²) in [5.74, 6) is 0.748. The van der Waals surface area contributed by atoms with Crippen LogP contribution in [0.1, 0.15) is 6.92 Å². The summed E-state index contributed by atoms with van der Waals surface area (Å²) >= 11 is 0. The number of carbonyl (C=O) groups excluding carboxylic acids is 1. The maximum absolute atomic E-state index is 13.0. The molecular weight excluding hydrogens is 366 g/mol. The highest BCUT2D eigenvalue weighted by molar-refractivity contribution is 6.02. The fraction of sp³-hybridized carbons (Fsp3) is 0.174. The van der Waals surface area contributed by atoms with E-state index in [9.17, 15) is 4.79 Å². The van der Waals surface area contributed by atoms with Crippen LogP contribution >= 0.6 is 0 Å². The molecule has 0 bridgehead atoms. The maximum Gasteiger partial charge on any atom is 0.333 e. The first-order chi connectivity index (χ1) is 14.0. The number of anilines is 1. The molecule has 29 heavy (non-hydrogen) atoms. The number of likely N-dealkylation sites (N-methyl/N-ethyl adjacent to an activating group) is 1. The quantitative estimate of drug-likeness (QED) is 0.276. The summed E-state index contributed by atoms with van der Waals surface area (Å²) in [6.07, 6.45) is 0. The van der Waals surface area contributed by atoms with Crippen molar-refractivity contribution in [1.82, 2.24) is 0 Å². The van der Waals surface area contributed by atoms with Crippen LogP contribution in [0.15, 0.2) is 83.3 Å². The molecule has 0 heterocycles. The molecule has 0 unspecified atom stereocenters. The predicted molar refractivity (Wildman–Crippen MR) is 114 cm³/mol. The summed E-state index contributed by atoms with van der Waals surface area (Å²) in [5, 5.41) is 9.54. The number of azo groups is 2. The molecule has 1 N–H and O–H groups in total. The van der Waals surface area contributed by atoms with Crippen molar-refractivity contribution in [2.45, 2.75) is 6.92 Å². The molecule has 0 saturated carbocycles. The summed E-state index contributed by atoms with van der Waals surface area (Å²) < 4.78 is 12.4. The number of amides is 1. The van der Waals surface area contributed by atoms with E-state index >= 15 is 0 Å². The van der Waals surface area contributed by atoms with E-state index in [2.05, 4.69) is 5.32 Å². The summed E-state index contributed by atoms with van der Waals surface area (Å²) in [5.41, 5.74) is 1.63. The van der Waals surface area contributed by atoms with Crippen molar-refractivity contribution in [1.29, 1.82) is 0 Å². The minimum atomic E-state index is -0.319. The SMILES string of the molecule is CO/C(C)=C(/C(=O)Nc1ccccc1)[N+](C)=Nc1c(OC)ccc2ccccc12. The van der Waals surface area contributed by atoms with Crippen LogP contribution in [0.2, 0.25) is 0 Å². The zero-order valence-corrected chi connectivity index (χ0v) is 17.0. The van der Waals surface area contributed by atoms with Crippen LogP contribution < -0.4 is 10.1 Å². The van der Waals surface area contributed by atoms with Gasteiger partial charge >= 0.3 is 11.6 Å². The molecule has 3 aromatic rings. The van der Waals surface area contributed by atoms with Crippen molar-refractivity contribution in [2.75, 3.05) is 26.6 Å². The standard InChI is InChI=1S/C23H23N3O3/c1-16(28-3)22(23(27)24-18-11-6-5-7-12-18)26(2)25-21-19-13-9-8-10-17(19)14-15-20(21)29-4/h5-15H,1-4H3/p+1/b22-16-,26-25?. The van der Waals surface area contributed by atoms with Crippen LogP contribution in [0.3, 0.4) is 0 Å². The van der Waals surface area contributed by atoms with Crippen LogP contribution in [-0.2, 0) is 9.53 Å². The van der Waals surface area contributed by atoms with Crippen LogP contribution in [0, 0.1) is 0 Å². The van der Waals surface area contributed by atoms with Gasteiger partial charge in [0.2, 0.25) is 0 Å². The third-order valence-electron chi connectivity index (χ3n) is 4.54. The zero-order chi connectivity index (χ0) is 20.8. The number of para-hydroxylation sites is 1. The fourth-order valence-electron chi connectivity index (χ4n) is 3.05. The van der Waals surface area contributed by atoms with Gasteiger partial charge in [-0.3, -0.25) is 4.79 Å². The first-order valence-corrected chi connectivity index (χ1v) is 9.17. The predicted octanol–water partition coefficient (Wildman–Crippen LogP) is 5.09. The van der Waals surface area contributed by atoms with Crippen molar-refractivity contribution in [3.63, 3.8) is 0 Å². The third kappa shape index (κ3) is 4.43. The van der Waals surface area contributed by atoms with E-state index in [4.69, 9.17) is 14.6 Å². The van der Waals surface area contributed by atoms with Crippen LogP contribution in [0.25, 0.3) is 10.8 Å². The van der Waals surface area contributed by atoms with E-state index in [-0.39, 0.29) is 5.91 Å². The summed E-state index contributed by atoms with van der Waals surface area (Å²) in [6, 6.07) is 21.0. The molecule has 0 spiro atoms. The Balaban J connectivity index is 2.08. The highest BCUT2D eigenvalue weighted by Gasteiger charge is 2.27. The number of carbonyl (C=O) groups is 1. The van der Waals surface area contributed by atoms with Gasteiger partial charge in [-0.05, 0) is 23.6 Å². The Morgan fingerprint density at radius 2 is 1.66 bits per heavy atom. The molecule has 6 nitrogen and oxygen atoms in total. The Morgan fingerprint density at radius 1 is 0.966 bits per heavy atom. The Hall–Kier alpha value is -3.67. The molecule has 3 aromatic carbocycles. The van der Waals surface area contributed by atoms with Gasteiger partial charge in [0.25, 0.3) is 0 Å². The van der Waals surface area contributed by atoms with Crippen molar-refractivity contribution < 1.29 is 19.0 Å². The lowest BCUT2D eigenvalue weighted by molar-refractivity contribution is -0.508. The largest absolute Gasteiger partial charge is 0.494 e. The Kier molecular flexibility index (Phi) is 6.24. The molecular formula is C23H24N3O3+. The first-order valence-electron chi connectivity index (χ1n) is 9.17. The van der Waals surface area contributed by atoms with E-state index < -0.39 is 0 Å². The minimum absolute atomic E-state index is 0.298. The molecule has 3 rings (SSSR count). The van der Waals surface area contributed by atoms with Crippen molar-refractivity contribution in [3.05, 3.63) is 78.2 Å². The number of methoxy groups -OCH3 is 2. The van der Waals surface area contributed by atoms with Gasteiger partial charge in [-0.25, -0.2) is 0 Å². The number of nitrogens with one attached hydrogen (secondary N) is 1. The van der Waals surface area contributed by atoms with E-state index in [0.717, 1.165) is 10.8 Å². The highest BCUT2D eigenvalue weighted by Crippen LogP contribution is 2.36. The normalized spacial score (nSPS) is 12.3. The molecule has 0 saturated heterocycles. The Morgan fingerprint density at radius 3 is 2.34 bits per heavy atom. The molecule has 0 aliphatic carbocycles. The van der Waals surface area contributed by atoms with Gasteiger partial charge < -0.3 is 14.8 Å². The van der Waals surface area contributed by atoms with Crippen LogP contribution in [0.4, 0.5) is 11.4 Å². The molecule has 6 heteroatoms. The van der Waals surface area contributed by atoms with Gasteiger partial charge in [-0.15, -0.1) is 0 Å². The summed E-state index contributed by atoms with van der Waals surface area (Å²) in [7, 11) is 4.84. The average Bonchev–Trinajstić information content (AvgIpc) is 2.74. The molecule has 1 amide bonds. The monoisotopic (exact) mass is 390 g/mol. The zero-order valence-electron chi connectivity index (χ0n) is 17.0. The molecule has 0 aliphatic heterocycles. The van der Waals surface area contributed by atoms with Gasteiger partial charge in [-0.2, -0.15) is 0 Å².